The van der Waals surface area contributed by atoms with Crippen LogP contribution >= 0.6 is 0 Å². The number of phenolic OH excluding ortho intramolecular Hbond substituents is 1. The topological polar surface area (TPSA) is 20.2 Å². The third-order valence-electron chi connectivity index (χ3n) is 1.73. The Morgan fingerprint density at radius 1 is 0.812 bits per heavy atom. The monoisotopic (exact) mass is 248 g/mol. The maximum Gasteiger partial charge on any atom is 0.420 e. The molecule has 0 bridgehead atoms. The minimum absolute atomic E-state index is 0.0266. The van der Waals surface area contributed by atoms with Gasteiger partial charge in [-0.2, -0.15) is 26.3 Å². The third kappa shape index (κ3) is 2.20. The molecule has 0 amide bonds. The lowest BCUT2D eigenvalue weighted by molar-refractivity contribution is -0.144. The predicted molar refractivity (Wildman–Crippen MR) is 38.1 cm³/mol. The molecule has 0 spiro atoms. The van der Waals surface area contributed by atoms with Crippen LogP contribution in [0.2, 0.25) is 0 Å². The fourth-order valence-corrected chi connectivity index (χ4v) is 1.01. The Bertz CT molecular complexity index is 365. The van der Waals surface area contributed by atoms with Gasteiger partial charge in [-0.25, -0.2) is 4.39 Å². The summed E-state index contributed by atoms with van der Waals surface area (Å²) < 4.78 is 85.0. The zero-order chi connectivity index (χ0) is 12.7. The van der Waals surface area contributed by atoms with E-state index in [2.05, 4.69) is 0 Å². The number of hydrogen-bond donors (Lipinski definition) is 1. The van der Waals surface area contributed by atoms with Gasteiger partial charge >= 0.3 is 12.4 Å². The van der Waals surface area contributed by atoms with E-state index >= 15 is 0 Å². The minimum atomic E-state index is -5.16. The van der Waals surface area contributed by atoms with E-state index in [1.165, 1.54) is 0 Å². The van der Waals surface area contributed by atoms with Crippen molar-refractivity contribution in [2.24, 2.45) is 0 Å². The normalized spacial score (nSPS) is 12.9. The first-order valence-electron chi connectivity index (χ1n) is 3.71. The first-order valence-corrected chi connectivity index (χ1v) is 3.71. The number of benzene rings is 1. The highest BCUT2D eigenvalue weighted by molar-refractivity contribution is 5.41. The SMILES string of the molecule is Oc1c(C(F)(F)F)ccc(C(F)(F)F)c1F. The van der Waals surface area contributed by atoms with Gasteiger partial charge in [0.25, 0.3) is 0 Å². The highest BCUT2D eigenvalue weighted by Gasteiger charge is 2.40. The van der Waals surface area contributed by atoms with Crippen LogP contribution in [0.15, 0.2) is 12.1 Å². The molecule has 1 rings (SSSR count). The maximum absolute atomic E-state index is 12.8. The molecule has 8 heteroatoms. The molecule has 0 atom stereocenters. The largest absolute Gasteiger partial charge is 0.504 e. The molecule has 0 aliphatic heterocycles. The van der Waals surface area contributed by atoms with Gasteiger partial charge in [0.05, 0.1) is 5.56 Å². The molecule has 1 aromatic carbocycles. The highest BCUT2D eigenvalue weighted by Crippen LogP contribution is 2.41. The van der Waals surface area contributed by atoms with Crippen molar-refractivity contribution in [1.82, 2.24) is 0 Å². The van der Waals surface area contributed by atoms with Crippen LogP contribution in [0.1, 0.15) is 11.1 Å². The molecule has 0 fully saturated rings. The molecular weight excluding hydrogens is 245 g/mol. The van der Waals surface area contributed by atoms with E-state index < -0.39 is 35.0 Å². The van der Waals surface area contributed by atoms with Gasteiger partial charge in [-0.05, 0) is 12.1 Å². The lowest BCUT2D eigenvalue weighted by Crippen LogP contribution is -2.12. The first kappa shape index (κ1) is 12.6. The summed E-state index contributed by atoms with van der Waals surface area (Å²) >= 11 is 0. The predicted octanol–water partition coefficient (Wildman–Crippen LogP) is 3.57. The van der Waals surface area contributed by atoms with Crippen molar-refractivity contribution < 1.29 is 35.8 Å². The second-order valence-corrected chi connectivity index (χ2v) is 2.82. The molecule has 0 aliphatic rings. The summed E-state index contributed by atoms with van der Waals surface area (Å²) in [5.74, 6) is -4.38. The van der Waals surface area contributed by atoms with Crippen molar-refractivity contribution >= 4 is 0 Å². The number of rotatable bonds is 0. The number of hydrogen-bond acceptors (Lipinski definition) is 1. The molecule has 90 valence electrons. The van der Waals surface area contributed by atoms with E-state index in [0.29, 0.717) is 0 Å². The molecule has 0 saturated carbocycles. The van der Waals surface area contributed by atoms with Gasteiger partial charge in [0.15, 0.2) is 11.6 Å². The zero-order valence-corrected chi connectivity index (χ0v) is 7.25. The van der Waals surface area contributed by atoms with Crippen LogP contribution in [0, 0.1) is 5.82 Å². The van der Waals surface area contributed by atoms with Crippen LogP contribution < -0.4 is 0 Å². The highest BCUT2D eigenvalue weighted by atomic mass is 19.4. The van der Waals surface area contributed by atoms with Gasteiger partial charge in [-0.1, -0.05) is 0 Å². The summed E-state index contributed by atoms with van der Waals surface area (Å²) in [5, 5.41) is 8.68. The Morgan fingerprint density at radius 2 is 1.19 bits per heavy atom. The van der Waals surface area contributed by atoms with Crippen LogP contribution in [-0.2, 0) is 12.4 Å². The van der Waals surface area contributed by atoms with Crippen molar-refractivity contribution in [2.45, 2.75) is 12.4 Å². The zero-order valence-electron chi connectivity index (χ0n) is 7.25. The number of phenols is 1. The summed E-state index contributed by atoms with van der Waals surface area (Å²) in [6.45, 7) is 0. The number of aromatic hydroxyl groups is 1. The van der Waals surface area contributed by atoms with E-state index in [4.69, 9.17) is 5.11 Å². The van der Waals surface area contributed by atoms with Gasteiger partial charge in [0, 0.05) is 0 Å². The molecule has 0 unspecified atom stereocenters. The Kier molecular flexibility index (Phi) is 2.78. The quantitative estimate of drug-likeness (QED) is 0.696. The van der Waals surface area contributed by atoms with Crippen molar-refractivity contribution in [3.05, 3.63) is 29.1 Å². The molecular formula is C8H3F7O. The fraction of sp³-hybridized carbons (Fsp3) is 0.250. The first-order chi connectivity index (χ1) is 7.05. The van der Waals surface area contributed by atoms with Crippen molar-refractivity contribution in [3.63, 3.8) is 0 Å². The van der Waals surface area contributed by atoms with Crippen LogP contribution in [0.25, 0.3) is 0 Å². The van der Waals surface area contributed by atoms with Gasteiger partial charge in [0.2, 0.25) is 0 Å². The summed E-state index contributed by atoms with van der Waals surface area (Å²) in [5.41, 5.74) is -3.80. The average Bonchev–Trinajstić information content (AvgIpc) is 2.05. The Labute approximate surface area is 84.1 Å². The van der Waals surface area contributed by atoms with Crippen molar-refractivity contribution in [3.8, 4) is 5.75 Å². The van der Waals surface area contributed by atoms with Gasteiger partial charge in [0.1, 0.15) is 5.56 Å². The number of halogens is 7. The van der Waals surface area contributed by atoms with Gasteiger partial charge in [-0.3, -0.25) is 0 Å². The summed E-state index contributed by atoms with van der Waals surface area (Å²) in [4.78, 5) is 0. The Balaban J connectivity index is 3.41. The van der Waals surface area contributed by atoms with E-state index in [1.807, 2.05) is 0 Å². The van der Waals surface area contributed by atoms with E-state index in [9.17, 15) is 30.7 Å². The molecule has 1 N–H and O–H groups in total. The van der Waals surface area contributed by atoms with E-state index in [0.717, 1.165) is 0 Å². The van der Waals surface area contributed by atoms with Gasteiger partial charge < -0.3 is 5.11 Å². The molecule has 1 aromatic rings. The van der Waals surface area contributed by atoms with Crippen molar-refractivity contribution in [2.75, 3.05) is 0 Å². The average molecular weight is 248 g/mol. The third-order valence-corrected chi connectivity index (χ3v) is 1.73. The molecule has 1 nitrogen and oxygen atoms in total. The minimum Gasteiger partial charge on any atom is -0.504 e. The van der Waals surface area contributed by atoms with Crippen LogP contribution in [0.3, 0.4) is 0 Å². The Morgan fingerprint density at radius 3 is 1.56 bits per heavy atom. The Hall–Kier alpha value is -1.47. The lowest BCUT2D eigenvalue weighted by atomic mass is 10.1. The number of alkyl halides is 6. The standard InChI is InChI=1S/C8H3F7O/c9-5-3(7(10,11)12)1-2-4(6(5)16)8(13,14)15/h1-2,16H. The molecule has 0 aliphatic carbocycles. The van der Waals surface area contributed by atoms with E-state index in [1.54, 1.807) is 0 Å². The fourth-order valence-electron chi connectivity index (χ4n) is 1.01. The lowest BCUT2D eigenvalue weighted by Gasteiger charge is -2.13. The molecule has 16 heavy (non-hydrogen) atoms. The summed E-state index contributed by atoms with van der Waals surface area (Å²) in [6.07, 6.45) is -10.3. The van der Waals surface area contributed by atoms with Gasteiger partial charge in [-0.15, -0.1) is 0 Å². The second-order valence-electron chi connectivity index (χ2n) is 2.82. The van der Waals surface area contributed by atoms with E-state index in [-0.39, 0.29) is 12.1 Å². The molecule has 0 heterocycles. The molecule has 0 radical (unpaired) electrons. The second kappa shape index (κ2) is 3.53. The molecule has 0 aromatic heterocycles. The van der Waals surface area contributed by atoms with Crippen LogP contribution in [0.4, 0.5) is 30.7 Å². The maximum atomic E-state index is 12.8. The summed E-state index contributed by atoms with van der Waals surface area (Å²) in [6, 6.07) is -0.0981. The van der Waals surface area contributed by atoms with Crippen LogP contribution in [0.5, 0.6) is 5.75 Å². The van der Waals surface area contributed by atoms with Crippen LogP contribution in [-0.4, -0.2) is 5.11 Å². The summed E-state index contributed by atoms with van der Waals surface area (Å²) in [7, 11) is 0. The van der Waals surface area contributed by atoms with Crippen molar-refractivity contribution in [1.29, 1.82) is 0 Å². The smallest absolute Gasteiger partial charge is 0.420 e. The molecule has 0 saturated heterocycles.